The highest BCUT2D eigenvalue weighted by Crippen LogP contribution is 2.55. The summed E-state index contributed by atoms with van der Waals surface area (Å²) in [4.78, 5) is 0. The van der Waals surface area contributed by atoms with Gasteiger partial charge in [0.15, 0.2) is 23.1 Å². The van der Waals surface area contributed by atoms with Gasteiger partial charge < -0.3 is 4.57 Å². The van der Waals surface area contributed by atoms with Crippen LogP contribution in [0.4, 0.5) is 30.7 Å². The normalized spacial score (nSPS) is 18.1. The first kappa shape index (κ1) is 31.4. The Kier molecular flexibility index (Phi) is 7.95. The lowest BCUT2D eigenvalue weighted by atomic mass is 9.82. The topological polar surface area (TPSA) is 4.93 Å². The molecule has 1 aliphatic carbocycles. The average molecular weight is 634 g/mol. The number of allylic oxidation sites excluding steroid dienone is 2. The zero-order valence-electron chi connectivity index (χ0n) is 25.3. The van der Waals surface area contributed by atoms with E-state index in [4.69, 9.17) is 0 Å². The molecular weight excluding hydrogens is 603 g/mol. The van der Waals surface area contributed by atoms with Gasteiger partial charge in [0.2, 0.25) is 0 Å². The quantitative estimate of drug-likeness (QED) is 0.0955. The van der Waals surface area contributed by atoms with Gasteiger partial charge in [-0.15, -0.1) is 0 Å². The van der Waals surface area contributed by atoms with Gasteiger partial charge in [-0.25, -0.2) is 30.7 Å². The lowest BCUT2D eigenvalue weighted by Crippen LogP contribution is -2.22. The third-order valence-corrected chi connectivity index (χ3v) is 8.95. The maximum Gasteiger partial charge on any atom is 0.194 e. The molecule has 4 aromatic carbocycles. The molecule has 1 heterocycles. The molecule has 0 N–H and O–H groups in total. The van der Waals surface area contributed by atoms with Crippen LogP contribution in [0.1, 0.15) is 55.7 Å². The standard InChI is InChI=1S/C38H30F7N/c1-5-11-46-12-10-28-34(46)9-8-27(36(28)43)23-14-29(20(2)3)35(31(40)16-23)38(45)19-25(13-21(38)4)22-6-7-26(30(39)15-22)24-17-32(41)37(44)33(42)18-24/h6-10,12,14-18,25H,2,4-5,11,13,19H2,1,3H3. The Hall–Kier alpha value is -4.59. The van der Waals surface area contributed by atoms with E-state index in [1.54, 1.807) is 31.3 Å². The molecular formula is C38H30F7N. The molecule has 0 saturated heterocycles. The van der Waals surface area contributed by atoms with Crippen LogP contribution in [0.3, 0.4) is 0 Å². The van der Waals surface area contributed by atoms with Crippen LogP contribution in [0.25, 0.3) is 38.7 Å². The van der Waals surface area contributed by atoms with Crippen molar-refractivity contribution in [1.29, 1.82) is 0 Å². The van der Waals surface area contributed by atoms with Crippen LogP contribution in [0.5, 0.6) is 0 Å². The summed E-state index contributed by atoms with van der Waals surface area (Å²) in [6.45, 7) is 12.2. The van der Waals surface area contributed by atoms with E-state index in [9.17, 15) is 13.2 Å². The van der Waals surface area contributed by atoms with E-state index in [0.29, 0.717) is 28.7 Å². The number of hydrogen-bond donors (Lipinski definition) is 0. The van der Waals surface area contributed by atoms with E-state index >= 15 is 17.6 Å². The van der Waals surface area contributed by atoms with Crippen molar-refractivity contribution in [2.24, 2.45) is 0 Å². The summed E-state index contributed by atoms with van der Waals surface area (Å²) in [6.07, 6.45) is 2.50. The van der Waals surface area contributed by atoms with Crippen LogP contribution in [0.2, 0.25) is 0 Å². The minimum Gasteiger partial charge on any atom is -0.347 e. The molecule has 1 aromatic heterocycles. The number of aromatic nitrogens is 1. The van der Waals surface area contributed by atoms with E-state index < -0.39 is 46.5 Å². The molecule has 46 heavy (non-hydrogen) atoms. The molecule has 5 aromatic rings. The van der Waals surface area contributed by atoms with E-state index in [0.717, 1.165) is 30.6 Å². The summed E-state index contributed by atoms with van der Waals surface area (Å²) in [5, 5.41) is 0.397. The molecule has 6 rings (SSSR count). The Morgan fingerprint density at radius 1 is 0.826 bits per heavy atom. The van der Waals surface area contributed by atoms with E-state index in [1.165, 1.54) is 18.2 Å². The number of nitrogens with zero attached hydrogens (tertiary/aromatic N) is 1. The number of hydrogen-bond acceptors (Lipinski definition) is 0. The van der Waals surface area contributed by atoms with Crippen LogP contribution >= 0.6 is 0 Å². The predicted octanol–water partition coefficient (Wildman–Crippen LogP) is 11.6. The lowest BCUT2D eigenvalue weighted by molar-refractivity contribution is 0.212. The van der Waals surface area contributed by atoms with Crippen molar-refractivity contribution in [1.82, 2.24) is 4.57 Å². The molecule has 236 valence electrons. The summed E-state index contributed by atoms with van der Waals surface area (Å²) in [7, 11) is 0. The smallest absolute Gasteiger partial charge is 0.194 e. The number of benzene rings is 4. The Morgan fingerprint density at radius 2 is 1.48 bits per heavy atom. The van der Waals surface area contributed by atoms with Gasteiger partial charge in [0, 0.05) is 34.8 Å². The number of rotatable bonds is 7. The summed E-state index contributed by atoms with van der Waals surface area (Å²) < 4.78 is 107. The number of halogens is 7. The first-order valence-corrected chi connectivity index (χ1v) is 14.9. The van der Waals surface area contributed by atoms with Gasteiger partial charge in [-0.05, 0) is 108 Å². The van der Waals surface area contributed by atoms with Crippen molar-refractivity contribution < 1.29 is 30.7 Å². The van der Waals surface area contributed by atoms with Crippen LogP contribution in [0.15, 0.2) is 85.6 Å². The van der Waals surface area contributed by atoms with Crippen molar-refractivity contribution >= 4 is 16.5 Å². The van der Waals surface area contributed by atoms with Gasteiger partial charge in [0.25, 0.3) is 0 Å². The second-order valence-electron chi connectivity index (χ2n) is 12.0. The molecule has 0 bridgehead atoms. The van der Waals surface area contributed by atoms with E-state index in [2.05, 4.69) is 13.2 Å². The molecule has 2 unspecified atom stereocenters. The minimum atomic E-state index is -2.35. The van der Waals surface area contributed by atoms with Crippen molar-refractivity contribution in [3.05, 3.63) is 137 Å². The van der Waals surface area contributed by atoms with Gasteiger partial charge in [-0.1, -0.05) is 37.8 Å². The average Bonchev–Trinajstić information content (AvgIpc) is 3.56. The Balaban J connectivity index is 1.36. The Labute approximate surface area is 262 Å². The fraction of sp³-hybridized carbons (Fsp3) is 0.211. The van der Waals surface area contributed by atoms with Crippen LogP contribution in [0, 0.1) is 34.9 Å². The molecule has 0 amide bonds. The Bertz CT molecular complexity index is 2030. The molecule has 8 heteroatoms. The van der Waals surface area contributed by atoms with Crippen LogP contribution in [-0.2, 0) is 12.2 Å². The second kappa shape index (κ2) is 11.6. The fourth-order valence-corrected chi connectivity index (χ4v) is 6.66. The van der Waals surface area contributed by atoms with E-state index in [-0.39, 0.29) is 51.8 Å². The predicted molar refractivity (Wildman–Crippen MR) is 168 cm³/mol. The van der Waals surface area contributed by atoms with Crippen molar-refractivity contribution in [3.8, 4) is 22.3 Å². The number of fused-ring (bicyclic) bond motifs is 1. The largest absolute Gasteiger partial charge is 0.347 e. The van der Waals surface area contributed by atoms with Crippen molar-refractivity contribution in [2.45, 2.75) is 51.2 Å². The highest BCUT2D eigenvalue weighted by Gasteiger charge is 2.47. The fourth-order valence-electron chi connectivity index (χ4n) is 6.66. The molecule has 1 fully saturated rings. The molecule has 1 saturated carbocycles. The monoisotopic (exact) mass is 633 g/mol. The maximum absolute atomic E-state index is 17.1. The molecule has 0 spiro atoms. The Morgan fingerprint density at radius 3 is 2.13 bits per heavy atom. The van der Waals surface area contributed by atoms with Gasteiger partial charge in [0.05, 0.1) is 5.52 Å². The summed E-state index contributed by atoms with van der Waals surface area (Å²) in [5.41, 5.74) is -0.828. The summed E-state index contributed by atoms with van der Waals surface area (Å²) >= 11 is 0. The summed E-state index contributed by atoms with van der Waals surface area (Å²) in [5.74, 6) is -7.41. The SMILES string of the molecule is C=C(C)c1cc(-c2ccc3c(ccn3CCC)c2F)cc(F)c1C1(F)CC(c2ccc(-c3cc(F)c(F)c(F)c3)c(F)c2)CC1=C. The van der Waals surface area contributed by atoms with Crippen LogP contribution < -0.4 is 0 Å². The minimum absolute atomic E-state index is 0.0754. The maximum atomic E-state index is 17.1. The van der Waals surface area contributed by atoms with Crippen LogP contribution in [-0.4, -0.2) is 4.57 Å². The molecule has 0 radical (unpaired) electrons. The van der Waals surface area contributed by atoms with Crippen molar-refractivity contribution in [3.63, 3.8) is 0 Å². The third-order valence-electron chi connectivity index (χ3n) is 8.95. The molecule has 2 atom stereocenters. The number of aryl methyl sites for hydroxylation is 1. The molecule has 1 nitrogen and oxygen atoms in total. The zero-order valence-corrected chi connectivity index (χ0v) is 25.3. The first-order chi connectivity index (χ1) is 21.8. The molecule has 1 aliphatic rings. The highest BCUT2D eigenvalue weighted by atomic mass is 19.2. The van der Waals surface area contributed by atoms with Gasteiger partial charge in [-0.3, -0.25) is 0 Å². The second-order valence-corrected chi connectivity index (χ2v) is 12.0. The molecule has 0 aliphatic heterocycles. The zero-order chi connectivity index (χ0) is 33.1. The number of alkyl halides is 1. The summed E-state index contributed by atoms with van der Waals surface area (Å²) in [6, 6.07) is 13.0. The third kappa shape index (κ3) is 5.13. The lowest BCUT2D eigenvalue weighted by Gasteiger charge is -2.26. The van der Waals surface area contributed by atoms with Gasteiger partial charge >= 0.3 is 0 Å². The highest BCUT2D eigenvalue weighted by molar-refractivity contribution is 5.87. The van der Waals surface area contributed by atoms with Crippen molar-refractivity contribution in [2.75, 3.05) is 0 Å². The van der Waals surface area contributed by atoms with E-state index in [1.807, 2.05) is 11.5 Å². The van der Waals surface area contributed by atoms with Gasteiger partial charge in [-0.2, -0.15) is 0 Å². The first-order valence-electron chi connectivity index (χ1n) is 14.9. The van der Waals surface area contributed by atoms with Gasteiger partial charge in [0.1, 0.15) is 17.5 Å².